The molecule has 2 fully saturated rings. The third kappa shape index (κ3) is 4.79. The van der Waals surface area contributed by atoms with Crippen molar-refractivity contribution in [1.29, 1.82) is 0 Å². The largest absolute Gasteiger partial charge is 0.494 e. The molecular formula is C25H31NO4S. The summed E-state index contributed by atoms with van der Waals surface area (Å²) in [5.74, 6) is 1.01. The fourth-order valence-corrected chi connectivity index (χ4v) is 6.82. The summed E-state index contributed by atoms with van der Waals surface area (Å²) >= 11 is 0. The first-order valence-electron chi connectivity index (χ1n) is 11.3. The normalized spacial score (nSPS) is 23.0. The average Bonchev–Trinajstić information content (AvgIpc) is 3.06. The highest BCUT2D eigenvalue weighted by Crippen LogP contribution is 2.40. The highest BCUT2D eigenvalue weighted by Gasteiger charge is 2.46. The van der Waals surface area contributed by atoms with Crippen LogP contribution in [0, 0.1) is 0 Å². The van der Waals surface area contributed by atoms with Crippen molar-refractivity contribution in [3.8, 4) is 5.75 Å². The van der Waals surface area contributed by atoms with Crippen LogP contribution in [0.2, 0.25) is 0 Å². The standard InChI is InChI=1S/C25H31NO4S/c1-2-16-30-22-13-8-19(9-14-22)10-15-25(27)26-20-11-12-21(26)18-24(17-20)31(28,29)23-6-4-3-5-7-23/h3-9,13-14,20-21,24H,2,10-12,15-18H2,1H3. The van der Waals surface area contributed by atoms with Crippen molar-refractivity contribution in [2.75, 3.05) is 6.61 Å². The Labute approximate surface area is 185 Å². The molecule has 6 heteroatoms. The van der Waals surface area contributed by atoms with E-state index in [1.54, 1.807) is 24.3 Å². The summed E-state index contributed by atoms with van der Waals surface area (Å²) in [6.45, 7) is 2.78. The van der Waals surface area contributed by atoms with E-state index in [4.69, 9.17) is 4.74 Å². The first-order valence-corrected chi connectivity index (χ1v) is 12.9. The fourth-order valence-electron chi connectivity index (χ4n) is 4.94. The number of hydrogen-bond donors (Lipinski definition) is 0. The Morgan fingerprint density at radius 3 is 2.26 bits per heavy atom. The number of aryl methyl sites for hydroxylation is 1. The van der Waals surface area contributed by atoms with Crippen LogP contribution in [-0.2, 0) is 21.1 Å². The number of sulfone groups is 1. The van der Waals surface area contributed by atoms with Gasteiger partial charge in [0.05, 0.1) is 16.8 Å². The first-order chi connectivity index (χ1) is 15.0. The van der Waals surface area contributed by atoms with Crippen LogP contribution < -0.4 is 4.74 Å². The molecule has 2 saturated heterocycles. The second-order valence-electron chi connectivity index (χ2n) is 8.63. The minimum absolute atomic E-state index is 0.0413. The molecule has 1 amide bonds. The molecule has 2 aromatic carbocycles. The Morgan fingerprint density at radius 1 is 1.00 bits per heavy atom. The zero-order valence-electron chi connectivity index (χ0n) is 18.1. The second kappa shape index (κ2) is 9.43. The van der Waals surface area contributed by atoms with Crippen LogP contribution in [0.5, 0.6) is 5.75 Å². The molecule has 166 valence electrons. The van der Waals surface area contributed by atoms with Gasteiger partial charge in [-0.05, 0) is 68.4 Å². The Kier molecular flexibility index (Phi) is 6.65. The van der Waals surface area contributed by atoms with Gasteiger partial charge in [-0.15, -0.1) is 0 Å². The minimum Gasteiger partial charge on any atom is -0.494 e. The van der Waals surface area contributed by atoms with Gasteiger partial charge < -0.3 is 9.64 Å². The van der Waals surface area contributed by atoms with Gasteiger partial charge in [0.25, 0.3) is 0 Å². The molecule has 2 aliphatic heterocycles. The third-order valence-corrected chi connectivity index (χ3v) is 8.70. The molecule has 0 radical (unpaired) electrons. The summed E-state index contributed by atoms with van der Waals surface area (Å²) in [5.41, 5.74) is 1.12. The SMILES string of the molecule is CCCOc1ccc(CCC(=O)N2C3CCC2CC(S(=O)(=O)c2ccccc2)C3)cc1. The predicted octanol–water partition coefficient (Wildman–Crippen LogP) is 4.40. The first kappa shape index (κ1) is 21.9. The van der Waals surface area contributed by atoms with Crippen LogP contribution >= 0.6 is 0 Å². The Bertz CT molecular complexity index is 974. The topological polar surface area (TPSA) is 63.7 Å². The molecule has 0 aliphatic carbocycles. The maximum Gasteiger partial charge on any atom is 0.223 e. The molecule has 2 unspecified atom stereocenters. The highest BCUT2D eigenvalue weighted by atomic mass is 32.2. The van der Waals surface area contributed by atoms with Gasteiger partial charge in [-0.3, -0.25) is 4.79 Å². The van der Waals surface area contributed by atoms with Crippen molar-refractivity contribution in [3.63, 3.8) is 0 Å². The number of hydrogen-bond acceptors (Lipinski definition) is 4. The molecule has 0 saturated carbocycles. The van der Waals surface area contributed by atoms with Gasteiger partial charge in [-0.1, -0.05) is 37.3 Å². The van der Waals surface area contributed by atoms with Crippen LogP contribution in [0.15, 0.2) is 59.5 Å². The summed E-state index contributed by atoms with van der Waals surface area (Å²) in [6, 6.07) is 16.7. The molecule has 2 heterocycles. The smallest absolute Gasteiger partial charge is 0.223 e. The maximum absolute atomic E-state index is 13.1. The van der Waals surface area contributed by atoms with Gasteiger partial charge in [0.2, 0.25) is 5.91 Å². The Hall–Kier alpha value is -2.34. The molecule has 0 aromatic heterocycles. The van der Waals surface area contributed by atoms with E-state index >= 15 is 0 Å². The van der Waals surface area contributed by atoms with Crippen molar-refractivity contribution in [1.82, 2.24) is 4.90 Å². The zero-order chi connectivity index (χ0) is 21.8. The van der Waals surface area contributed by atoms with E-state index < -0.39 is 15.1 Å². The van der Waals surface area contributed by atoms with Crippen molar-refractivity contribution in [2.24, 2.45) is 0 Å². The molecule has 0 N–H and O–H groups in total. The second-order valence-corrected chi connectivity index (χ2v) is 10.9. The van der Waals surface area contributed by atoms with E-state index in [1.165, 1.54) is 0 Å². The van der Waals surface area contributed by atoms with E-state index in [9.17, 15) is 13.2 Å². The van der Waals surface area contributed by atoms with Crippen molar-refractivity contribution >= 4 is 15.7 Å². The van der Waals surface area contributed by atoms with Gasteiger partial charge in [-0.25, -0.2) is 8.42 Å². The summed E-state index contributed by atoms with van der Waals surface area (Å²) in [5, 5.41) is -0.396. The number of fused-ring (bicyclic) bond motifs is 2. The average molecular weight is 442 g/mol. The molecule has 31 heavy (non-hydrogen) atoms. The van der Waals surface area contributed by atoms with Crippen LogP contribution in [0.4, 0.5) is 0 Å². The molecule has 2 aliphatic rings. The molecule has 0 spiro atoms. The van der Waals surface area contributed by atoms with Crippen molar-refractivity contribution < 1.29 is 17.9 Å². The Morgan fingerprint density at radius 2 is 1.65 bits per heavy atom. The minimum atomic E-state index is -3.35. The summed E-state index contributed by atoms with van der Waals surface area (Å²) < 4.78 is 31.8. The summed E-state index contributed by atoms with van der Waals surface area (Å²) in [6.07, 6.45) is 5.02. The van der Waals surface area contributed by atoms with Gasteiger partial charge in [0.1, 0.15) is 5.75 Å². The van der Waals surface area contributed by atoms with E-state index in [-0.39, 0.29) is 18.0 Å². The van der Waals surface area contributed by atoms with Gasteiger partial charge in [-0.2, -0.15) is 0 Å². The van der Waals surface area contributed by atoms with Crippen molar-refractivity contribution in [2.45, 2.75) is 74.1 Å². The predicted molar refractivity (Wildman–Crippen MR) is 121 cm³/mol. The lowest BCUT2D eigenvalue weighted by molar-refractivity contribution is -0.135. The number of benzene rings is 2. The van der Waals surface area contributed by atoms with E-state index in [1.807, 2.05) is 35.2 Å². The highest BCUT2D eigenvalue weighted by molar-refractivity contribution is 7.92. The molecule has 4 rings (SSSR count). The quantitative estimate of drug-likeness (QED) is 0.609. The van der Waals surface area contributed by atoms with E-state index in [0.29, 0.717) is 37.2 Å². The lowest BCUT2D eigenvalue weighted by Gasteiger charge is -2.38. The fraction of sp³-hybridized carbons (Fsp3) is 0.480. The number of amides is 1. The number of carbonyl (C=O) groups is 1. The van der Waals surface area contributed by atoms with Gasteiger partial charge in [0, 0.05) is 18.5 Å². The molecule has 2 bridgehead atoms. The Balaban J connectivity index is 1.36. The van der Waals surface area contributed by atoms with Gasteiger partial charge in [0.15, 0.2) is 9.84 Å². The summed E-state index contributed by atoms with van der Waals surface area (Å²) in [4.78, 5) is 15.4. The van der Waals surface area contributed by atoms with E-state index in [2.05, 4.69) is 6.92 Å². The maximum atomic E-state index is 13.1. The third-order valence-electron chi connectivity index (χ3n) is 6.51. The lowest BCUT2D eigenvalue weighted by atomic mass is 10.0. The molecule has 2 aromatic rings. The number of rotatable bonds is 8. The molecule has 2 atom stereocenters. The zero-order valence-corrected chi connectivity index (χ0v) is 18.9. The van der Waals surface area contributed by atoms with Crippen LogP contribution in [0.3, 0.4) is 0 Å². The van der Waals surface area contributed by atoms with Crippen LogP contribution in [0.25, 0.3) is 0 Å². The monoisotopic (exact) mass is 441 g/mol. The number of carbonyl (C=O) groups excluding carboxylic acids is 1. The molecular weight excluding hydrogens is 410 g/mol. The van der Waals surface area contributed by atoms with E-state index in [0.717, 1.165) is 30.6 Å². The van der Waals surface area contributed by atoms with Gasteiger partial charge >= 0.3 is 0 Å². The number of piperidine rings is 1. The number of ether oxygens (including phenoxy) is 1. The lowest BCUT2D eigenvalue weighted by Crippen LogP contribution is -2.49. The van der Waals surface area contributed by atoms with Crippen molar-refractivity contribution in [3.05, 3.63) is 60.2 Å². The van der Waals surface area contributed by atoms with Crippen LogP contribution in [0.1, 0.15) is 51.0 Å². The number of nitrogens with zero attached hydrogens (tertiary/aromatic N) is 1. The summed E-state index contributed by atoms with van der Waals surface area (Å²) in [7, 11) is -3.35. The molecule has 5 nitrogen and oxygen atoms in total. The van der Waals surface area contributed by atoms with Crippen LogP contribution in [-0.4, -0.2) is 43.2 Å².